The summed E-state index contributed by atoms with van der Waals surface area (Å²) >= 11 is 0. The highest BCUT2D eigenvalue weighted by molar-refractivity contribution is 6.08. The Kier molecular flexibility index (Phi) is 9.66. The van der Waals surface area contributed by atoms with Gasteiger partial charge in [-0.3, -0.25) is 19.4 Å². The van der Waals surface area contributed by atoms with Crippen molar-refractivity contribution in [2.45, 2.75) is 18.8 Å². The van der Waals surface area contributed by atoms with Gasteiger partial charge < -0.3 is 15.5 Å². The molecule has 1 atom stereocenters. The smallest absolute Gasteiger partial charge is 0.339 e. The van der Waals surface area contributed by atoms with Crippen LogP contribution in [0.5, 0.6) is 0 Å². The predicted octanol–water partition coefficient (Wildman–Crippen LogP) is 7.70. The summed E-state index contributed by atoms with van der Waals surface area (Å²) in [6.07, 6.45) is -3.04. The third kappa shape index (κ3) is 7.68. The maximum absolute atomic E-state index is 13.6. The van der Waals surface area contributed by atoms with Crippen molar-refractivity contribution < 1.29 is 27.6 Å². The minimum absolute atomic E-state index is 0.151. The van der Waals surface area contributed by atoms with Gasteiger partial charge in [-0.05, 0) is 65.7 Å². The summed E-state index contributed by atoms with van der Waals surface area (Å²) < 4.78 is 39.2. The predicted molar refractivity (Wildman–Crippen MR) is 184 cm³/mol. The highest BCUT2D eigenvalue weighted by atomic mass is 19.4. The first-order valence-corrected chi connectivity index (χ1v) is 15.6. The molecule has 0 saturated heterocycles. The number of rotatable bonds is 9. The summed E-state index contributed by atoms with van der Waals surface area (Å²) in [4.78, 5) is 50.8. The molecule has 8 nitrogen and oxygen atoms in total. The minimum atomic E-state index is -4.49. The Labute approximate surface area is 285 Å². The molecular formula is C39H30F3N5O3. The van der Waals surface area contributed by atoms with Gasteiger partial charge in [0.25, 0.3) is 11.8 Å². The number of aromatic nitrogens is 2. The number of halogens is 3. The highest BCUT2D eigenvalue weighted by Crippen LogP contribution is 2.31. The van der Waals surface area contributed by atoms with E-state index in [2.05, 4.69) is 20.6 Å². The first-order chi connectivity index (χ1) is 24.1. The molecule has 2 aromatic heterocycles. The van der Waals surface area contributed by atoms with Crippen LogP contribution >= 0.6 is 0 Å². The Balaban J connectivity index is 1.18. The summed E-state index contributed by atoms with van der Waals surface area (Å²) in [5.41, 5.74) is 2.31. The molecule has 11 heteroatoms. The molecule has 250 valence electrons. The number of benzene rings is 4. The van der Waals surface area contributed by atoms with Gasteiger partial charge in [0.15, 0.2) is 0 Å². The van der Waals surface area contributed by atoms with Gasteiger partial charge in [0.1, 0.15) is 11.9 Å². The summed E-state index contributed by atoms with van der Waals surface area (Å²) in [5.74, 6) is -1.05. The molecule has 50 heavy (non-hydrogen) atoms. The lowest BCUT2D eigenvalue weighted by atomic mass is 10.0. The second-order valence-corrected chi connectivity index (χ2v) is 11.5. The number of carbonyl (C=O) groups is 3. The van der Waals surface area contributed by atoms with Crippen LogP contribution in [0.2, 0.25) is 0 Å². The van der Waals surface area contributed by atoms with E-state index in [1.54, 1.807) is 72.6 Å². The van der Waals surface area contributed by atoms with Crippen LogP contribution in [0, 0.1) is 0 Å². The van der Waals surface area contributed by atoms with Crippen molar-refractivity contribution in [3.63, 3.8) is 0 Å². The first kappa shape index (κ1) is 33.5. The fourth-order valence-corrected chi connectivity index (χ4v) is 5.46. The maximum Gasteiger partial charge on any atom is 0.416 e. The molecule has 3 amide bonds. The second-order valence-electron chi connectivity index (χ2n) is 11.5. The van der Waals surface area contributed by atoms with Crippen molar-refractivity contribution in [1.82, 2.24) is 20.2 Å². The van der Waals surface area contributed by atoms with E-state index in [-0.39, 0.29) is 23.0 Å². The number of fused-ring (bicyclic) bond motifs is 1. The number of likely N-dealkylation sites (N-methyl/N-ethyl adjacent to an activating group) is 1. The SMILES string of the molecule is CN(Cc1ccccc1)C(=O)[C@@H](NC(=O)c1ccc2nc(NC(=O)c3cccnc3-c3ccc(C(F)(F)F)cc3)ccc2c1)c1ccccc1. The number of amides is 3. The van der Waals surface area contributed by atoms with E-state index in [9.17, 15) is 27.6 Å². The summed E-state index contributed by atoms with van der Waals surface area (Å²) in [5, 5.41) is 6.24. The van der Waals surface area contributed by atoms with E-state index in [0.29, 0.717) is 34.1 Å². The van der Waals surface area contributed by atoms with Crippen LogP contribution in [0.4, 0.5) is 19.0 Å². The van der Waals surface area contributed by atoms with Crippen LogP contribution < -0.4 is 10.6 Å². The maximum atomic E-state index is 13.6. The fourth-order valence-electron chi connectivity index (χ4n) is 5.46. The lowest BCUT2D eigenvalue weighted by molar-refractivity contribution is -0.137. The fraction of sp³-hybridized carbons (Fsp3) is 0.103. The van der Waals surface area contributed by atoms with E-state index in [4.69, 9.17) is 0 Å². The Morgan fingerprint density at radius 2 is 1.48 bits per heavy atom. The number of pyridine rings is 2. The number of anilines is 1. The van der Waals surface area contributed by atoms with E-state index >= 15 is 0 Å². The lowest BCUT2D eigenvalue weighted by Crippen LogP contribution is -2.41. The molecule has 0 radical (unpaired) electrons. The van der Waals surface area contributed by atoms with E-state index in [1.807, 2.05) is 36.4 Å². The molecule has 6 rings (SSSR count). The Hall–Kier alpha value is -6.36. The molecule has 0 saturated carbocycles. The molecule has 0 aliphatic rings. The van der Waals surface area contributed by atoms with Crippen molar-refractivity contribution in [2.75, 3.05) is 12.4 Å². The third-order valence-electron chi connectivity index (χ3n) is 8.03. The zero-order valence-electron chi connectivity index (χ0n) is 26.7. The van der Waals surface area contributed by atoms with Gasteiger partial charge >= 0.3 is 6.18 Å². The van der Waals surface area contributed by atoms with Crippen molar-refractivity contribution in [3.05, 3.63) is 161 Å². The molecule has 2 N–H and O–H groups in total. The molecule has 0 fully saturated rings. The molecular weight excluding hydrogens is 643 g/mol. The van der Waals surface area contributed by atoms with Crippen LogP contribution in [0.3, 0.4) is 0 Å². The van der Waals surface area contributed by atoms with E-state index in [0.717, 1.165) is 17.7 Å². The number of carbonyl (C=O) groups excluding carboxylic acids is 3. The molecule has 0 bridgehead atoms. The third-order valence-corrected chi connectivity index (χ3v) is 8.03. The van der Waals surface area contributed by atoms with Crippen LogP contribution in [0.1, 0.15) is 43.4 Å². The monoisotopic (exact) mass is 673 g/mol. The topological polar surface area (TPSA) is 104 Å². The lowest BCUT2D eigenvalue weighted by Gasteiger charge is -2.25. The second kappa shape index (κ2) is 14.4. The normalized spacial score (nSPS) is 11.8. The number of hydrogen-bond acceptors (Lipinski definition) is 5. The zero-order chi connectivity index (χ0) is 35.3. The van der Waals surface area contributed by atoms with Gasteiger partial charge in [-0.25, -0.2) is 4.98 Å². The average Bonchev–Trinajstić information content (AvgIpc) is 3.13. The van der Waals surface area contributed by atoms with Gasteiger partial charge in [0.2, 0.25) is 5.91 Å². The molecule has 2 heterocycles. The van der Waals surface area contributed by atoms with Crippen molar-refractivity contribution in [2.24, 2.45) is 0 Å². The largest absolute Gasteiger partial charge is 0.416 e. The summed E-state index contributed by atoms with van der Waals surface area (Å²) in [6.45, 7) is 0.372. The Morgan fingerprint density at radius 1 is 0.780 bits per heavy atom. The highest BCUT2D eigenvalue weighted by Gasteiger charge is 2.30. The van der Waals surface area contributed by atoms with Crippen LogP contribution in [0.25, 0.3) is 22.2 Å². The summed E-state index contributed by atoms with van der Waals surface area (Å²) in [7, 11) is 1.69. The molecule has 0 unspecified atom stereocenters. The molecule has 0 aliphatic heterocycles. The minimum Gasteiger partial charge on any atom is -0.339 e. The summed E-state index contributed by atoms with van der Waals surface area (Å²) in [6, 6.07) is 33.3. The average molecular weight is 674 g/mol. The van der Waals surface area contributed by atoms with E-state index < -0.39 is 29.6 Å². The number of alkyl halides is 3. The number of nitrogens with one attached hydrogen (secondary N) is 2. The van der Waals surface area contributed by atoms with Gasteiger partial charge in [-0.15, -0.1) is 0 Å². The van der Waals surface area contributed by atoms with Crippen LogP contribution in [-0.2, 0) is 17.5 Å². The van der Waals surface area contributed by atoms with Crippen molar-refractivity contribution >= 4 is 34.4 Å². The van der Waals surface area contributed by atoms with Crippen molar-refractivity contribution in [3.8, 4) is 11.3 Å². The quantitative estimate of drug-likeness (QED) is 0.164. The van der Waals surface area contributed by atoms with Crippen LogP contribution in [-0.4, -0.2) is 39.6 Å². The standard InChI is InChI=1S/C39H30F3N5O3/c1-47(24-25-9-4-2-5-10-25)38(50)35(26-11-6-3-7-12-26)46-36(48)29-16-20-32-28(23-29)17-21-33(44-32)45-37(49)31-13-8-22-43-34(31)27-14-18-30(19-15-27)39(40,41)42/h2-23,35H,24H2,1H3,(H,46,48)(H,44,45,49)/t35-/m0/s1. The zero-order valence-corrected chi connectivity index (χ0v) is 26.7. The van der Waals surface area contributed by atoms with Gasteiger partial charge in [0, 0.05) is 36.3 Å². The first-order valence-electron chi connectivity index (χ1n) is 15.6. The molecule has 0 aliphatic carbocycles. The van der Waals surface area contributed by atoms with Crippen molar-refractivity contribution in [1.29, 1.82) is 0 Å². The van der Waals surface area contributed by atoms with E-state index in [1.165, 1.54) is 24.4 Å². The molecule has 0 spiro atoms. The Bertz CT molecular complexity index is 2160. The number of nitrogens with zero attached hydrogens (tertiary/aromatic N) is 3. The van der Waals surface area contributed by atoms with Gasteiger partial charge in [-0.2, -0.15) is 13.2 Å². The van der Waals surface area contributed by atoms with Gasteiger partial charge in [-0.1, -0.05) is 72.8 Å². The Morgan fingerprint density at radius 3 is 2.18 bits per heavy atom. The molecule has 6 aromatic rings. The molecule has 4 aromatic carbocycles. The van der Waals surface area contributed by atoms with Crippen LogP contribution in [0.15, 0.2) is 134 Å². The van der Waals surface area contributed by atoms with Gasteiger partial charge in [0.05, 0.1) is 22.3 Å². The number of hydrogen-bond donors (Lipinski definition) is 2.